The lowest BCUT2D eigenvalue weighted by molar-refractivity contribution is 0.102. The van der Waals surface area contributed by atoms with E-state index >= 15 is 0 Å². The van der Waals surface area contributed by atoms with Gasteiger partial charge in [0.25, 0.3) is 0 Å². The number of hydrogen-bond acceptors (Lipinski definition) is 1. The number of Topliss-reactive ketones (excluding diaryl/α,β-unsaturated/α-hetero) is 1. The summed E-state index contributed by atoms with van der Waals surface area (Å²) in [5.41, 5.74) is 2.65. The monoisotopic (exact) mass is 260 g/mol. The van der Waals surface area contributed by atoms with Crippen molar-refractivity contribution in [1.82, 2.24) is 0 Å². The molecular weight excluding hydrogens is 251 g/mol. The number of ketones is 1. The van der Waals surface area contributed by atoms with Gasteiger partial charge in [-0.3, -0.25) is 4.79 Å². The zero-order valence-electron chi connectivity index (χ0n) is 7.53. The molecule has 1 aromatic rings. The SMILES string of the molecule is Cc1cc(C)c(C(=O)CBr)c(Cl)c1. The predicted molar refractivity (Wildman–Crippen MR) is 59.1 cm³/mol. The van der Waals surface area contributed by atoms with E-state index in [4.69, 9.17) is 11.6 Å². The highest BCUT2D eigenvalue weighted by atomic mass is 79.9. The van der Waals surface area contributed by atoms with Crippen LogP contribution in [0.2, 0.25) is 5.02 Å². The maximum absolute atomic E-state index is 11.4. The topological polar surface area (TPSA) is 17.1 Å². The van der Waals surface area contributed by atoms with Crippen LogP contribution >= 0.6 is 27.5 Å². The molecule has 0 aliphatic heterocycles. The first kappa shape index (κ1) is 10.7. The summed E-state index contributed by atoms with van der Waals surface area (Å²) in [7, 11) is 0. The van der Waals surface area contributed by atoms with E-state index in [2.05, 4.69) is 15.9 Å². The molecule has 0 spiro atoms. The molecule has 0 N–H and O–H groups in total. The van der Waals surface area contributed by atoms with Crippen molar-refractivity contribution >= 4 is 33.3 Å². The van der Waals surface area contributed by atoms with Gasteiger partial charge in [0.1, 0.15) is 0 Å². The quantitative estimate of drug-likeness (QED) is 0.588. The van der Waals surface area contributed by atoms with Crippen LogP contribution in [-0.4, -0.2) is 11.1 Å². The molecule has 0 saturated heterocycles. The number of hydrogen-bond donors (Lipinski definition) is 0. The Labute approximate surface area is 91.2 Å². The fourth-order valence-electron chi connectivity index (χ4n) is 1.34. The van der Waals surface area contributed by atoms with Crippen LogP contribution in [0, 0.1) is 13.8 Å². The third-order valence-electron chi connectivity index (χ3n) is 1.83. The smallest absolute Gasteiger partial charge is 0.175 e. The van der Waals surface area contributed by atoms with Crippen LogP contribution in [0.15, 0.2) is 12.1 Å². The van der Waals surface area contributed by atoms with E-state index in [1.54, 1.807) is 0 Å². The molecule has 0 unspecified atom stereocenters. The van der Waals surface area contributed by atoms with Crippen molar-refractivity contribution in [3.8, 4) is 0 Å². The Bertz CT molecular complexity index is 324. The minimum Gasteiger partial charge on any atom is -0.293 e. The Balaban J connectivity index is 3.28. The number of carbonyl (C=O) groups is 1. The fraction of sp³-hybridized carbons (Fsp3) is 0.300. The molecule has 3 heteroatoms. The Kier molecular flexibility index (Phi) is 3.51. The normalized spacial score (nSPS) is 10.2. The van der Waals surface area contributed by atoms with Crippen molar-refractivity contribution < 1.29 is 4.79 Å². The number of carbonyl (C=O) groups excluding carboxylic acids is 1. The van der Waals surface area contributed by atoms with Crippen LogP contribution in [-0.2, 0) is 0 Å². The first-order valence-corrected chi connectivity index (χ1v) is 5.42. The van der Waals surface area contributed by atoms with E-state index < -0.39 is 0 Å². The first-order chi connectivity index (χ1) is 6.06. The van der Waals surface area contributed by atoms with Crippen molar-refractivity contribution in [2.45, 2.75) is 13.8 Å². The van der Waals surface area contributed by atoms with Crippen molar-refractivity contribution in [3.63, 3.8) is 0 Å². The van der Waals surface area contributed by atoms with Crippen LogP contribution in [0.3, 0.4) is 0 Å². The molecule has 0 fully saturated rings. The molecule has 0 bridgehead atoms. The van der Waals surface area contributed by atoms with E-state index in [9.17, 15) is 4.79 Å². The Morgan fingerprint density at radius 3 is 2.54 bits per heavy atom. The van der Waals surface area contributed by atoms with E-state index in [-0.39, 0.29) is 5.78 Å². The third kappa shape index (κ3) is 2.32. The molecule has 0 aliphatic rings. The van der Waals surface area contributed by atoms with E-state index in [0.29, 0.717) is 15.9 Å². The van der Waals surface area contributed by atoms with Crippen LogP contribution in [0.4, 0.5) is 0 Å². The number of rotatable bonds is 2. The number of halogens is 2. The highest BCUT2D eigenvalue weighted by Gasteiger charge is 2.12. The summed E-state index contributed by atoms with van der Waals surface area (Å²) in [6, 6.07) is 3.77. The van der Waals surface area contributed by atoms with Crippen molar-refractivity contribution in [2.24, 2.45) is 0 Å². The Hall–Kier alpha value is -0.340. The van der Waals surface area contributed by atoms with Gasteiger partial charge in [0, 0.05) is 5.56 Å². The lowest BCUT2D eigenvalue weighted by Gasteiger charge is -2.06. The van der Waals surface area contributed by atoms with Gasteiger partial charge >= 0.3 is 0 Å². The molecule has 0 saturated carbocycles. The largest absolute Gasteiger partial charge is 0.293 e. The highest BCUT2D eigenvalue weighted by Crippen LogP contribution is 2.22. The van der Waals surface area contributed by atoms with E-state index in [1.165, 1.54) is 0 Å². The maximum Gasteiger partial charge on any atom is 0.175 e. The van der Waals surface area contributed by atoms with Gasteiger partial charge in [-0.25, -0.2) is 0 Å². The van der Waals surface area contributed by atoms with Crippen LogP contribution in [0.5, 0.6) is 0 Å². The molecule has 0 heterocycles. The average molecular weight is 262 g/mol. The Morgan fingerprint density at radius 2 is 2.08 bits per heavy atom. The molecule has 0 aliphatic carbocycles. The summed E-state index contributed by atoms with van der Waals surface area (Å²) in [5.74, 6) is 0.0301. The van der Waals surface area contributed by atoms with Crippen LogP contribution in [0.25, 0.3) is 0 Å². The van der Waals surface area contributed by atoms with Gasteiger partial charge in [0.2, 0.25) is 0 Å². The van der Waals surface area contributed by atoms with Crippen molar-refractivity contribution in [2.75, 3.05) is 5.33 Å². The fourth-order valence-corrected chi connectivity index (χ4v) is 2.04. The van der Waals surface area contributed by atoms with E-state index in [1.807, 2.05) is 26.0 Å². The molecule has 0 radical (unpaired) electrons. The molecule has 13 heavy (non-hydrogen) atoms. The lowest BCUT2D eigenvalue weighted by atomic mass is 10.0. The second kappa shape index (κ2) is 4.25. The predicted octanol–water partition coefficient (Wildman–Crippen LogP) is 3.53. The summed E-state index contributed by atoms with van der Waals surface area (Å²) < 4.78 is 0. The molecular formula is C10H10BrClO. The minimum absolute atomic E-state index is 0.0301. The minimum atomic E-state index is 0.0301. The summed E-state index contributed by atoms with van der Waals surface area (Å²) >= 11 is 9.10. The molecule has 1 rings (SSSR count). The second-order valence-electron chi connectivity index (χ2n) is 3.00. The average Bonchev–Trinajstić information content (AvgIpc) is 2.02. The van der Waals surface area contributed by atoms with Gasteiger partial charge in [-0.15, -0.1) is 0 Å². The molecule has 0 atom stereocenters. The summed E-state index contributed by atoms with van der Waals surface area (Å²) in [6.45, 7) is 3.86. The summed E-state index contributed by atoms with van der Waals surface area (Å²) in [4.78, 5) is 11.4. The number of aryl methyl sites for hydroxylation is 2. The molecule has 70 valence electrons. The maximum atomic E-state index is 11.4. The number of alkyl halides is 1. The van der Waals surface area contributed by atoms with Gasteiger partial charge in [-0.1, -0.05) is 33.6 Å². The third-order valence-corrected chi connectivity index (χ3v) is 2.64. The molecule has 1 nitrogen and oxygen atoms in total. The van der Waals surface area contributed by atoms with Crippen LogP contribution in [0.1, 0.15) is 21.5 Å². The molecule has 0 amide bonds. The zero-order chi connectivity index (χ0) is 10.0. The zero-order valence-corrected chi connectivity index (χ0v) is 9.87. The van der Waals surface area contributed by atoms with Gasteiger partial charge < -0.3 is 0 Å². The first-order valence-electron chi connectivity index (χ1n) is 3.92. The Morgan fingerprint density at radius 1 is 1.46 bits per heavy atom. The van der Waals surface area contributed by atoms with Crippen molar-refractivity contribution in [3.05, 3.63) is 33.8 Å². The highest BCUT2D eigenvalue weighted by molar-refractivity contribution is 9.09. The van der Waals surface area contributed by atoms with Gasteiger partial charge in [-0.2, -0.15) is 0 Å². The van der Waals surface area contributed by atoms with E-state index in [0.717, 1.165) is 11.1 Å². The van der Waals surface area contributed by atoms with Gasteiger partial charge in [0.15, 0.2) is 5.78 Å². The summed E-state index contributed by atoms with van der Waals surface area (Å²) in [5, 5.41) is 0.860. The summed E-state index contributed by atoms with van der Waals surface area (Å²) in [6.07, 6.45) is 0. The van der Waals surface area contributed by atoms with Crippen LogP contribution < -0.4 is 0 Å². The van der Waals surface area contributed by atoms with Gasteiger partial charge in [0.05, 0.1) is 10.4 Å². The number of benzene rings is 1. The second-order valence-corrected chi connectivity index (χ2v) is 3.96. The lowest BCUT2D eigenvalue weighted by Crippen LogP contribution is -2.04. The van der Waals surface area contributed by atoms with Gasteiger partial charge in [-0.05, 0) is 31.0 Å². The van der Waals surface area contributed by atoms with Crippen molar-refractivity contribution in [1.29, 1.82) is 0 Å². The standard InChI is InChI=1S/C10H10BrClO/c1-6-3-7(2)10(8(12)4-6)9(13)5-11/h3-4H,5H2,1-2H3. The molecule has 0 aromatic heterocycles. The molecule has 1 aromatic carbocycles.